The lowest BCUT2D eigenvalue weighted by Crippen LogP contribution is -2.78. The van der Waals surface area contributed by atoms with Gasteiger partial charge in [-0.1, -0.05) is 93.5 Å². The van der Waals surface area contributed by atoms with Crippen LogP contribution in [0.15, 0.2) is 65.8 Å². The third-order valence-corrected chi connectivity index (χ3v) is 27.6. The predicted molar refractivity (Wildman–Crippen MR) is 414 cm³/mol. The number of rotatable bonds is 19. The summed E-state index contributed by atoms with van der Waals surface area (Å²) >= 11 is 0. The van der Waals surface area contributed by atoms with Gasteiger partial charge in [0.25, 0.3) is 0 Å². The smallest absolute Gasteiger partial charge is 0.413 e. The molecule has 6 aliphatic carbocycles. The average Bonchev–Trinajstić information content (AvgIpc) is 1.57. The van der Waals surface area contributed by atoms with Gasteiger partial charge in [0, 0.05) is 96.5 Å². The van der Waals surface area contributed by atoms with Crippen LogP contribution in [0, 0.1) is 69.0 Å². The Morgan fingerprint density at radius 1 is 0.646 bits per heavy atom. The van der Waals surface area contributed by atoms with E-state index in [4.69, 9.17) is 71.1 Å². The predicted octanol–water partition coefficient (Wildman–Crippen LogP) is 12.4. The molecule has 26 nitrogen and oxygen atoms in total. The van der Waals surface area contributed by atoms with Gasteiger partial charge in [-0.15, -0.1) is 0 Å². The minimum absolute atomic E-state index is 0.0332. The first kappa shape index (κ1) is 87.6. The monoisotopic (exact) mass is 1590 g/mol. The summed E-state index contributed by atoms with van der Waals surface area (Å²) in [6.07, 6.45) is -5.32. The number of aliphatic hydroxyl groups excluding tert-OH is 1. The third-order valence-electron chi connectivity index (χ3n) is 27.6. The van der Waals surface area contributed by atoms with E-state index in [2.05, 4.69) is 60.0 Å². The molecule has 2 amide bonds. The average molecular weight is 1590 g/mol. The molecule has 4 saturated carbocycles. The van der Waals surface area contributed by atoms with Gasteiger partial charge in [-0.05, 0) is 155 Å². The Morgan fingerprint density at radius 3 is 1.49 bits per heavy atom. The minimum atomic E-state index is -1.68. The van der Waals surface area contributed by atoms with Crippen LogP contribution >= 0.6 is 0 Å². The molecule has 1 aromatic rings. The minimum Gasteiger partial charge on any atom is -0.497 e. The molecule has 5 saturated heterocycles. The van der Waals surface area contributed by atoms with Crippen LogP contribution < -0.4 is 14.8 Å². The first-order valence-electron chi connectivity index (χ1n) is 40.7. The van der Waals surface area contributed by atoms with Crippen LogP contribution in [0.1, 0.15) is 216 Å². The molecule has 26 heteroatoms. The molecule has 12 rings (SSSR count). The highest BCUT2D eigenvalue weighted by Gasteiger charge is 2.80. The summed E-state index contributed by atoms with van der Waals surface area (Å²) in [5, 5.41) is 39.2. The Bertz CT molecular complexity index is 3880. The maximum absolute atomic E-state index is 15.0. The molecule has 0 bridgehead atoms. The highest BCUT2D eigenvalue weighted by Crippen LogP contribution is 2.74. The van der Waals surface area contributed by atoms with Gasteiger partial charge in [-0.25, -0.2) is 19.2 Å². The van der Waals surface area contributed by atoms with E-state index in [1.807, 2.05) is 55.4 Å². The fourth-order valence-electron chi connectivity index (χ4n) is 23.7. The van der Waals surface area contributed by atoms with Crippen molar-refractivity contribution in [2.75, 3.05) is 27.4 Å². The fraction of sp³-hybridized carbons (Fsp3) is 0.770. The lowest BCUT2D eigenvalue weighted by atomic mass is 9.47. The van der Waals surface area contributed by atoms with E-state index in [9.17, 15) is 39.3 Å². The molecule has 1 aromatic carbocycles. The number of ether oxygens (including phenoxy) is 15. The number of hydrogen-bond acceptors (Lipinski definition) is 24. The van der Waals surface area contributed by atoms with E-state index in [0.717, 1.165) is 22.3 Å². The van der Waals surface area contributed by atoms with Gasteiger partial charge < -0.3 is 91.7 Å². The molecule has 632 valence electrons. The highest BCUT2D eigenvalue weighted by molar-refractivity contribution is 5.80. The molecule has 0 radical (unpaired) electrons. The second-order valence-corrected chi connectivity index (χ2v) is 38.5. The van der Waals surface area contributed by atoms with Crippen LogP contribution in [0.4, 0.5) is 9.59 Å². The summed E-state index contributed by atoms with van der Waals surface area (Å²) in [5.41, 5.74) is -5.79. The maximum atomic E-state index is 15.0. The van der Waals surface area contributed by atoms with Crippen molar-refractivity contribution in [2.45, 2.75) is 330 Å². The quantitative estimate of drug-likeness (QED) is 0.0568. The molecular weight excluding hydrogens is 1460 g/mol. The molecule has 4 unspecified atom stereocenters. The zero-order chi connectivity index (χ0) is 83.9. The van der Waals surface area contributed by atoms with Gasteiger partial charge in [0.1, 0.15) is 47.1 Å². The van der Waals surface area contributed by atoms with Gasteiger partial charge in [0.2, 0.25) is 0 Å². The standard InChI is InChI=1S/C48H69NO13.C39H61NO11/c1-16-36-58-34-21-35-48(23-56-35,61-28(7)50)39-27(6)47(45(11,12)53)22-33(25(4)37(47)26(5)40(59-36)46(34,39)13)57-42(51)38-31(19-24(2)3)49(43(52)62-44(8,9)10)41(60-38)30-18-17-29(54-14)20-32(30)55-15;1-14-28-48-26-16-27-39(18-46-27,50-23(7)41)31-22(6)38(36(11,12)45)17-25(20(4)29(38)21(5)32(49-28)37(26,31)13)47-33(43)30(42)24(15-19(2)3)40-34(44)51-35(8,9)10/h16-18,20,24,26-27,31,33-36,38-41,53H,1,19,21-23H2,2-15H3;14,19,21-22,24-28,30-32,42,45H,1,15-18H2,2-13H3,(H,40,44)/t26-,27-,31?,33-,34-,35+,36?,38+,39-,40-,41?,46+,47+,48-;21-,22-,24-,25-,26-,27+,28?,30+,31-,32-,37+,38+,39-/m00/s1. The lowest BCUT2D eigenvalue weighted by molar-refractivity contribution is -0.387. The van der Waals surface area contributed by atoms with E-state index >= 15 is 4.79 Å². The molecule has 0 spiro atoms. The SMILES string of the molecule is C=CC1O[C@H]2C[C@H]3OC[C@@]3(OC(C)=O)[C@H]3[C@H](C)[C@]4(C(C)(C)O)C[C@H](OC(=O)[C@@H]5OC(c6ccc(OC)cc6OC)N(C(=O)OC(C)(C)C)C5CC(C)C)C(C)=C4[C@H](C)[C@H](O1)[C@]23C.C=CC1O[C@H]2C[C@H]3OC[C@@]3(OC(C)=O)[C@H]3[C@H](C)[C@]4(C(C)(C)O)C[C@H](OC(=O)[C@H](O)[C@H](CC(C)C)NC(=O)OC(C)(C)C)C(C)=C4[C@H](C)[C@H](O1)[C@]23C. The molecule has 27 atom stereocenters. The van der Waals surface area contributed by atoms with Crippen molar-refractivity contribution in [1.29, 1.82) is 0 Å². The van der Waals surface area contributed by atoms with Crippen molar-refractivity contribution in [3.8, 4) is 11.5 Å². The van der Waals surface area contributed by atoms with Crippen molar-refractivity contribution in [1.82, 2.24) is 10.2 Å². The summed E-state index contributed by atoms with van der Waals surface area (Å²) in [6, 6.07) is 3.47. The van der Waals surface area contributed by atoms with Crippen LogP contribution in [0.3, 0.4) is 0 Å². The van der Waals surface area contributed by atoms with Crippen LogP contribution in [0.5, 0.6) is 11.5 Å². The second-order valence-electron chi connectivity index (χ2n) is 38.5. The molecule has 4 N–H and O–H groups in total. The number of carbonyl (C=O) groups is 6. The lowest BCUT2D eigenvalue weighted by Gasteiger charge is -2.68. The summed E-state index contributed by atoms with van der Waals surface area (Å²) < 4.78 is 94.0. The largest absolute Gasteiger partial charge is 0.497 e. The molecular formula is C87H130N2O24. The number of nitrogens with one attached hydrogen (secondary N) is 1. The van der Waals surface area contributed by atoms with Gasteiger partial charge in [0.05, 0.1) is 75.1 Å². The van der Waals surface area contributed by atoms with Crippen molar-refractivity contribution < 1.29 is 115 Å². The molecule has 5 aliphatic heterocycles. The van der Waals surface area contributed by atoms with E-state index in [0.29, 0.717) is 42.7 Å². The molecule has 11 aliphatic rings. The first-order valence-corrected chi connectivity index (χ1v) is 40.7. The van der Waals surface area contributed by atoms with Crippen molar-refractivity contribution in [2.24, 2.45) is 69.0 Å². The van der Waals surface area contributed by atoms with E-state index in [1.54, 1.807) is 92.9 Å². The van der Waals surface area contributed by atoms with Crippen LogP contribution in [-0.2, 0) is 80.8 Å². The number of hydrogen-bond donors (Lipinski definition) is 4. The Labute approximate surface area is 668 Å². The molecule has 0 aromatic heterocycles. The van der Waals surface area contributed by atoms with Crippen molar-refractivity contribution in [3.63, 3.8) is 0 Å². The van der Waals surface area contributed by atoms with Gasteiger partial charge in [0.15, 0.2) is 42.2 Å². The van der Waals surface area contributed by atoms with E-state index in [1.165, 1.54) is 25.9 Å². The summed E-state index contributed by atoms with van der Waals surface area (Å²) in [5.74, 6) is -3.48. The number of amides is 2. The van der Waals surface area contributed by atoms with Gasteiger partial charge in [-0.2, -0.15) is 0 Å². The number of alkyl carbamates (subject to hydrolysis) is 1. The zero-order valence-corrected chi connectivity index (χ0v) is 71.6. The maximum Gasteiger partial charge on any atom is 0.413 e. The summed E-state index contributed by atoms with van der Waals surface area (Å²) in [4.78, 5) is 83.2. The summed E-state index contributed by atoms with van der Waals surface area (Å²) in [7, 11) is 3.07. The van der Waals surface area contributed by atoms with Gasteiger partial charge in [-0.3, -0.25) is 14.5 Å². The Balaban J connectivity index is 0.000000228. The number of esters is 4. The van der Waals surface area contributed by atoms with E-state index in [-0.39, 0.29) is 73.8 Å². The van der Waals surface area contributed by atoms with Crippen LogP contribution in [0.2, 0.25) is 0 Å². The number of fused-ring (bicyclic) bond motifs is 6. The molecule has 9 fully saturated rings. The highest BCUT2D eigenvalue weighted by atomic mass is 16.7. The Hall–Kier alpha value is -6.20. The third kappa shape index (κ3) is 14.7. The normalized spacial score (nSPS) is 39.4. The summed E-state index contributed by atoms with van der Waals surface area (Å²) in [6.45, 7) is 53.4. The molecule has 113 heavy (non-hydrogen) atoms. The Kier molecular flexibility index (Phi) is 24.0. The van der Waals surface area contributed by atoms with E-state index < -0.39 is 183 Å². The van der Waals surface area contributed by atoms with Crippen LogP contribution in [0.25, 0.3) is 0 Å². The number of carbonyl (C=O) groups excluding carboxylic acids is 6. The second kappa shape index (κ2) is 30.9. The van der Waals surface area contributed by atoms with Crippen molar-refractivity contribution in [3.05, 3.63) is 71.4 Å². The fourth-order valence-corrected chi connectivity index (χ4v) is 23.7. The zero-order valence-electron chi connectivity index (χ0n) is 71.6. The number of aliphatic hydroxyl groups is 3. The number of benzene rings is 1. The van der Waals surface area contributed by atoms with Gasteiger partial charge >= 0.3 is 36.1 Å². The first-order chi connectivity index (χ1) is 52.3. The topological polar surface area (TPSA) is 317 Å². The van der Waals surface area contributed by atoms with Crippen molar-refractivity contribution >= 4 is 36.1 Å². The number of methoxy groups -OCH3 is 2. The molecule has 5 heterocycles. The number of nitrogens with zero attached hydrogens (tertiary/aromatic N) is 1. The van der Waals surface area contributed by atoms with Crippen LogP contribution in [-0.4, -0.2) is 203 Å². The Morgan fingerprint density at radius 2 is 1.11 bits per heavy atom.